The van der Waals surface area contributed by atoms with E-state index < -0.39 is 18.5 Å². The lowest BCUT2D eigenvalue weighted by atomic mass is 10.1. The van der Waals surface area contributed by atoms with Crippen LogP contribution in [0.25, 0.3) is 0 Å². The maximum absolute atomic E-state index is 12.5. The number of nitrogens with one attached hydrogen (secondary N) is 1. The van der Waals surface area contributed by atoms with Crippen molar-refractivity contribution in [2.75, 3.05) is 18.5 Å². The SMILES string of the molecule is Cc1ccc(OCC(=O)Nc2ccccc2C(=O)OCC(=O)c2ccc(Cl)cc2)cc1C. The number of para-hydroxylation sites is 1. The Hall–Kier alpha value is -3.64. The van der Waals surface area contributed by atoms with Crippen molar-refractivity contribution in [2.45, 2.75) is 13.8 Å². The van der Waals surface area contributed by atoms with Gasteiger partial charge in [-0.3, -0.25) is 9.59 Å². The van der Waals surface area contributed by atoms with Gasteiger partial charge in [0.05, 0.1) is 11.3 Å². The number of hydrogen-bond donors (Lipinski definition) is 1. The Morgan fingerprint density at radius 1 is 0.875 bits per heavy atom. The molecule has 164 valence electrons. The third-order valence-corrected chi connectivity index (χ3v) is 5.02. The Morgan fingerprint density at radius 2 is 1.59 bits per heavy atom. The first-order valence-electron chi connectivity index (χ1n) is 9.88. The van der Waals surface area contributed by atoms with E-state index in [1.807, 2.05) is 26.0 Å². The molecule has 3 aromatic rings. The summed E-state index contributed by atoms with van der Waals surface area (Å²) in [5.74, 6) is -0.936. The normalized spacial score (nSPS) is 10.3. The van der Waals surface area contributed by atoms with Crippen LogP contribution in [0.4, 0.5) is 5.69 Å². The molecule has 0 aromatic heterocycles. The van der Waals surface area contributed by atoms with E-state index in [1.54, 1.807) is 48.5 Å². The summed E-state index contributed by atoms with van der Waals surface area (Å²) in [7, 11) is 0. The van der Waals surface area contributed by atoms with Crippen LogP contribution < -0.4 is 10.1 Å². The average Bonchev–Trinajstić information content (AvgIpc) is 2.79. The fourth-order valence-corrected chi connectivity index (χ4v) is 2.96. The standard InChI is InChI=1S/C25H22ClNO5/c1-16-7-12-20(13-17(16)2)31-15-24(29)27-22-6-4-3-5-21(22)25(30)32-14-23(28)18-8-10-19(26)11-9-18/h3-13H,14-15H2,1-2H3,(H,27,29). The number of hydrogen-bond acceptors (Lipinski definition) is 5. The monoisotopic (exact) mass is 451 g/mol. The average molecular weight is 452 g/mol. The number of carbonyl (C=O) groups is 3. The first-order chi connectivity index (χ1) is 15.3. The van der Waals surface area contributed by atoms with E-state index in [0.717, 1.165) is 11.1 Å². The predicted molar refractivity (Wildman–Crippen MR) is 123 cm³/mol. The molecule has 0 unspecified atom stereocenters. The highest BCUT2D eigenvalue weighted by Gasteiger charge is 2.17. The summed E-state index contributed by atoms with van der Waals surface area (Å²) in [6.07, 6.45) is 0. The van der Waals surface area contributed by atoms with Gasteiger partial charge in [-0.2, -0.15) is 0 Å². The van der Waals surface area contributed by atoms with Gasteiger partial charge in [-0.15, -0.1) is 0 Å². The van der Waals surface area contributed by atoms with E-state index in [4.69, 9.17) is 21.1 Å². The van der Waals surface area contributed by atoms with Crippen molar-refractivity contribution < 1.29 is 23.9 Å². The number of Topliss-reactive ketones (excluding diaryl/α,β-unsaturated/α-hetero) is 1. The number of esters is 1. The zero-order valence-corrected chi connectivity index (χ0v) is 18.4. The Morgan fingerprint density at radius 3 is 2.31 bits per heavy atom. The van der Waals surface area contributed by atoms with Gasteiger partial charge >= 0.3 is 5.97 Å². The molecule has 0 saturated heterocycles. The minimum atomic E-state index is -0.724. The molecule has 0 radical (unpaired) electrons. The van der Waals surface area contributed by atoms with Gasteiger partial charge in [0.25, 0.3) is 5.91 Å². The number of amides is 1. The minimum absolute atomic E-state index is 0.135. The summed E-state index contributed by atoms with van der Waals surface area (Å²) >= 11 is 5.81. The van der Waals surface area contributed by atoms with Crippen LogP contribution in [-0.2, 0) is 9.53 Å². The summed E-state index contributed by atoms with van der Waals surface area (Å²) in [5.41, 5.74) is 2.97. The maximum Gasteiger partial charge on any atom is 0.340 e. The van der Waals surface area contributed by atoms with Gasteiger partial charge < -0.3 is 14.8 Å². The first kappa shape index (κ1) is 23.0. The summed E-state index contributed by atoms with van der Waals surface area (Å²) in [4.78, 5) is 37.1. The molecule has 6 nitrogen and oxygen atoms in total. The van der Waals surface area contributed by atoms with Gasteiger partial charge in [0.15, 0.2) is 19.0 Å². The number of carbonyl (C=O) groups excluding carboxylic acids is 3. The van der Waals surface area contributed by atoms with Crippen molar-refractivity contribution >= 4 is 34.9 Å². The molecule has 0 aliphatic rings. The summed E-state index contributed by atoms with van der Waals surface area (Å²) in [6, 6.07) is 18.2. The molecule has 0 heterocycles. The number of anilines is 1. The van der Waals surface area contributed by atoms with Crippen LogP contribution in [-0.4, -0.2) is 30.9 Å². The molecular weight excluding hydrogens is 430 g/mol. The van der Waals surface area contributed by atoms with Crippen molar-refractivity contribution in [1.82, 2.24) is 0 Å². The number of ketones is 1. The molecule has 0 aliphatic carbocycles. The highest BCUT2D eigenvalue weighted by Crippen LogP contribution is 2.19. The van der Waals surface area contributed by atoms with Gasteiger partial charge in [-0.05, 0) is 73.5 Å². The molecule has 1 amide bonds. The van der Waals surface area contributed by atoms with E-state index in [2.05, 4.69) is 5.32 Å². The summed E-state index contributed by atoms with van der Waals surface area (Å²) in [6.45, 7) is 3.30. The summed E-state index contributed by atoms with van der Waals surface area (Å²) in [5, 5.41) is 3.15. The van der Waals surface area contributed by atoms with E-state index in [1.165, 1.54) is 6.07 Å². The third-order valence-electron chi connectivity index (χ3n) is 4.77. The molecular formula is C25H22ClNO5. The van der Waals surface area contributed by atoms with Crippen molar-refractivity contribution in [3.63, 3.8) is 0 Å². The van der Waals surface area contributed by atoms with E-state index in [9.17, 15) is 14.4 Å². The van der Waals surface area contributed by atoms with Crippen LogP contribution in [0.2, 0.25) is 5.02 Å². The second kappa shape index (κ2) is 10.6. The first-order valence-corrected chi connectivity index (χ1v) is 10.3. The van der Waals surface area contributed by atoms with Crippen LogP contribution >= 0.6 is 11.6 Å². The number of ether oxygens (including phenoxy) is 2. The Kier molecular flexibility index (Phi) is 7.63. The Labute approximate surface area is 191 Å². The van der Waals surface area contributed by atoms with Crippen LogP contribution in [0.1, 0.15) is 31.8 Å². The van der Waals surface area contributed by atoms with Crippen molar-refractivity contribution in [3.05, 3.63) is 94.0 Å². The number of benzene rings is 3. The van der Waals surface area contributed by atoms with Crippen LogP contribution in [0.3, 0.4) is 0 Å². The maximum atomic E-state index is 12.5. The second-order valence-corrected chi connectivity index (χ2v) is 7.57. The highest BCUT2D eigenvalue weighted by molar-refractivity contribution is 6.30. The number of aryl methyl sites for hydroxylation is 2. The fraction of sp³-hybridized carbons (Fsp3) is 0.160. The van der Waals surface area contributed by atoms with Gasteiger partial charge in [-0.25, -0.2) is 4.79 Å². The molecule has 32 heavy (non-hydrogen) atoms. The highest BCUT2D eigenvalue weighted by atomic mass is 35.5. The van der Waals surface area contributed by atoms with Crippen molar-refractivity contribution in [2.24, 2.45) is 0 Å². The lowest BCUT2D eigenvalue weighted by Gasteiger charge is -2.12. The zero-order valence-electron chi connectivity index (χ0n) is 17.7. The molecule has 0 fully saturated rings. The molecule has 3 rings (SSSR count). The van der Waals surface area contributed by atoms with Crippen molar-refractivity contribution in [1.29, 1.82) is 0 Å². The molecule has 7 heteroatoms. The number of rotatable bonds is 8. The largest absolute Gasteiger partial charge is 0.484 e. The predicted octanol–water partition coefficient (Wildman–Crippen LogP) is 5.01. The molecule has 0 aliphatic heterocycles. The lowest BCUT2D eigenvalue weighted by molar-refractivity contribution is -0.118. The molecule has 0 saturated carbocycles. The topological polar surface area (TPSA) is 81.7 Å². The van der Waals surface area contributed by atoms with Gasteiger partial charge in [0.2, 0.25) is 0 Å². The Bertz CT molecular complexity index is 1140. The van der Waals surface area contributed by atoms with Gasteiger partial charge in [-0.1, -0.05) is 29.8 Å². The molecule has 1 N–H and O–H groups in total. The molecule has 0 spiro atoms. The van der Waals surface area contributed by atoms with Crippen LogP contribution in [0.5, 0.6) is 5.75 Å². The number of halogens is 1. The van der Waals surface area contributed by atoms with Gasteiger partial charge in [0, 0.05) is 10.6 Å². The Balaban J connectivity index is 1.58. The van der Waals surface area contributed by atoms with Gasteiger partial charge in [0.1, 0.15) is 5.75 Å². The van der Waals surface area contributed by atoms with Crippen LogP contribution in [0.15, 0.2) is 66.7 Å². The van der Waals surface area contributed by atoms with E-state index >= 15 is 0 Å². The second-order valence-electron chi connectivity index (χ2n) is 7.13. The minimum Gasteiger partial charge on any atom is -0.484 e. The summed E-state index contributed by atoms with van der Waals surface area (Å²) < 4.78 is 10.7. The third kappa shape index (κ3) is 6.18. The molecule has 0 atom stereocenters. The van der Waals surface area contributed by atoms with Crippen LogP contribution in [0, 0.1) is 13.8 Å². The van der Waals surface area contributed by atoms with Crippen molar-refractivity contribution in [3.8, 4) is 5.75 Å². The molecule has 3 aromatic carbocycles. The lowest BCUT2D eigenvalue weighted by Crippen LogP contribution is -2.22. The fourth-order valence-electron chi connectivity index (χ4n) is 2.84. The zero-order chi connectivity index (χ0) is 23.1. The quantitative estimate of drug-likeness (QED) is 0.384. The molecule has 0 bridgehead atoms. The van der Waals surface area contributed by atoms with E-state index in [0.29, 0.717) is 16.3 Å². The van der Waals surface area contributed by atoms with E-state index in [-0.39, 0.29) is 23.6 Å². The smallest absolute Gasteiger partial charge is 0.340 e.